The van der Waals surface area contributed by atoms with Gasteiger partial charge < -0.3 is 0 Å². The molecule has 0 unspecified atom stereocenters. The topological polar surface area (TPSA) is 84.6 Å². The molecule has 1 aromatic carbocycles. The molecule has 21 heavy (non-hydrogen) atoms. The van der Waals surface area contributed by atoms with Crippen LogP contribution in [0.5, 0.6) is 0 Å². The number of unbranched alkanes of at least 4 members (excludes halogenated alkanes) is 4. The Hall–Kier alpha value is -2.24. The van der Waals surface area contributed by atoms with Crippen molar-refractivity contribution in [3.8, 4) is 0 Å². The van der Waals surface area contributed by atoms with Crippen LogP contribution in [0.1, 0.15) is 54.9 Å². The maximum Gasteiger partial charge on any atom is 0.272 e. The minimum atomic E-state index is -0.467. The zero-order chi connectivity index (χ0) is 15.7. The van der Waals surface area contributed by atoms with Gasteiger partial charge in [-0.2, -0.15) is 5.10 Å². The van der Waals surface area contributed by atoms with Gasteiger partial charge in [0, 0.05) is 23.4 Å². The van der Waals surface area contributed by atoms with Gasteiger partial charge in [-0.05, 0) is 31.9 Å². The summed E-state index contributed by atoms with van der Waals surface area (Å²) in [6.45, 7) is 3.76. The second-order valence-corrected chi connectivity index (χ2v) is 4.86. The molecule has 0 saturated heterocycles. The average molecular weight is 291 g/mol. The van der Waals surface area contributed by atoms with Crippen molar-refractivity contribution < 1.29 is 9.72 Å². The van der Waals surface area contributed by atoms with Crippen molar-refractivity contribution in [2.45, 2.75) is 46.0 Å². The fourth-order valence-corrected chi connectivity index (χ4v) is 1.90. The van der Waals surface area contributed by atoms with E-state index in [1.807, 2.05) is 0 Å². The van der Waals surface area contributed by atoms with Crippen LogP contribution < -0.4 is 5.43 Å². The van der Waals surface area contributed by atoms with Crippen LogP contribution in [-0.2, 0) is 0 Å². The normalized spacial score (nSPS) is 10.8. The highest BCUT2D eigenvalue weighted by molar-refractivity contribution is 5.94. The number of hydrazone groups is 1. The lowest BCUT2D eigenvalue weighted by molar-refractivity contribution is -0.385. The quantitative estimate of drug-likeness (QED) is 0.344. The van der Waals surface area contributed by atoms with Crippen LogP contribution >= 0.6 is 0 Å². The first kappa shape index (κ1) is 16.8. The van der Waals surface area contributed by atoms with E-state index in [0.717, 1.165) is 19.3 Å². The smallest absolute Gasteiger partial charge is 0.267 e. The molecule has 114 valence electrons. The Balaban J connectivity index is 2.47. The molecule has 0 fully saturated rings. The summed E-state index contributed by atoms with van der Waals surface area (Å²) in [5, 5.41) is 14.6. The highest BCUT2D eigenvalue weighted by atomic mass is 16.6. The van der Waals surface area contributed by atoms with Crippen molar-refractivity contribution in [2.75, 3.05) is 0 Å². The predicted molar refractivity (Wildman–Crippen MR) is 82.6 cm³/mol. The summed E-state index contributed by atoms with van der Waals surface area (Å²) in [7, 11) is 0. The maximum atomic E-state index is 11.8. The summed E-state index contributed by atoms with van der Waals surface area (Å²) in [4.78, 5) is 22.1. The summed E-state index contributed by atoms with van der Waals surface area (Å²) in [6, 6.07) is 4.25. The Morgan fingerprint density at radius 2 is 2.14 bits per heavy atom. The SMILES string of the molecule is CCCCCC/C=N/NC(=O)c1ccc([N+](=O)[O-])c(C)c1. The lowest BCUT2D eigenvalue weighted by Crippen LogP contribution is -2.17. The van der Waals surface area contributed by atoms with Gasteiger partial charge in [0.2, 0.25) is 0 Å². The first-order chi connectivity index (χ1) is 10.1. The first-order valence-corrected chi connectivity index (χ1v) is 7.13. The van der Waals surface area contributed by atoms with E-state index >= 15 is 0 Å². The molecule has 0 bridgehead atoms. The van der Waals surface area contributed by atoms with E-state index in [4.69, 9.17) is 0 Å². The van der Waals surface area contributed by atoms with E-state index in [-0.39, 0.29) is 11.6 Å². The van der Waals surface area contributed by atoms with Crippen LogP contribution in [0.2, 0.25) is 0 Å². The van der Waals surface area contributed by atoms with Gasteiger partial charge in [-0.1, -0.05) is 26.2 Å². The third-order valence-corrected chi connectivity index (χ3v) is 3.10. The molecular weight excluding hydrogens is 270 g/mol. The van der Waals surface area contributed by atoms with Gasteiger partial charge in [-0.3, -0.25) is 14.9 Å². The summed E-state index contributed by atoms with van der Waals surface area (Å²) in [5.41, 5.74) is 3.25. The van der Waals surface area contributed by atoms with Gasteiger partial charge in [0.05, 0.1) is 4.92 Å². The van der Waals surface area contributed by atoms with Gasteiger partial charge in [-0.15, -0.1) is 0 Å². The van der Waals surface area contributed by atoms with E-state index in [1.165, 1.54) is 31.0 Å². The monoisotopic (exact) mass is 291 g/mol. The number of carbonyl (C=O) groups is 1. The molecule has 0 atom stereocenters. The minimum Gasteiger partial charge on any atom is -0.267 e. The molecule has 0 aliphatic rings. The highest BCUT2D eigenvalue weighted by Crippen LogP contribution is 2.18. The molecule has 0 heterocycles. The van der Waals surface area contributed by atoms with Gasteiger partial charge in [0.15, 0.2) is 0 Å². The van der Waals surface area contributed by atoms with Crippen molar-refractivity contribution in [1.29, 1.82) is 0 Å². The Morgan fingerprint density at radius 3 is 2.76 bits per heavy atom. The molecule has 0 saturated carbocycles. The number of hydrogen-bond donors (Lipinski definition) is 1. The van der Waals surface area contributed by atoms with Crippen molar-refractivity contribution in [2.24, 2.45) is 5.10 Å². The van der Waals surface area contributed by atoms with Crippen LogP contribution in [0.4, 0.5) is 5.69 Å². The van der Waals surface area contributed by atoms with Crippen LogP contribution in [0.15, 0.2) is 23.3 Å². The highest BCUT2D eigenvalue weighted by Gasteiger charge is 2.13. The number of amides is 1. The van der Waals surface area contributed by atoms with Crippen molar-refractivity contribution in [3.05, 3.63) is 39.4 Å². The van der Waals surface area contributed by atoms with Gasteiger partial charge >= 0.3 is 0 Å². The molecular formula is C15H21N3O3. The molecule has 0 radical (unpaired) electrons. The number of rotatable bonds is 8. The molecule has 1 rings (SSSR count). The van der Waals surface area contributed by atoms with Crippen LogP contribution in [0, 0.1) is 17.0 Å². The largest absolute Gasteiger partial charge is 0.272 e. The molecule has 6 nitrogen and oxygen atoms in total. The molecule has 1 N–H and O–H groups in total. The number of aryl methyl sites for hydroxylation is 1. The fourth-order valence-electron chi connectivity index (χ4n) is 1.90. The van der Waals surface area contributed by atoms with Crippen molar-refractivity contribution >= 4 is 17.8 Å². The van der Waals surface area contributed by atoms with E-state index < -0.39 is 4.92 Å². The van der Waals surface area contributed by atoms with E-state index in [9.17, 15) is 14.9 Å². The molecule has 0 spiro atoms. The van der Waals surface area contributed by atoms with Gasteiger partial charge in [0.1, 0.15) is 0 Å². The molecule has 0 aromatic heterocycles. The van der Waals surface area contributed by atoms with Gasteiger partial charge in [0.25, 0.3) is 11.6 Å². The second kappa shape index (κ2) is 8.84. The average Bonchev–Trinajstić information content (AvgIpc) is 2.45. The van der Waals surface area contributed by atoms with E-state index in [0.29, 0.717) is 11.1 Å². The number of nitrogens with one attached hydrogen (secondary N) is 1. The lowest BCUT2D eigenvalue weighted by Gasteiger charge is -2.02. The zero-order valence-corrected chi connectivity index (χ0v) is 12.5. The van der Waals surface area contributed by atoms with E-state index in [2.05, 4.69) is 17.5 Å². The van der Waals surface area contributed by atoms with E-state index in [1.54, 1.807) is 13.1 Å². The third-order valence-electron chi connectivity index (χ3n) is 3.10. The number of carbonyl (C=O) groups excluding carboxylic acids is 1. The summed E-state index contributed by atoms with van der Waals surface area (Å²) < 4.78 is 0. The Labute approximate surface area is 124 Å². The molecule has 1 amide bonds. The number of nitrogens with zero attached hydrogens (tertiary/aromatic N) is 2. The Bertz CT molecular complexity index is 527. The van der Waals surface area contributed by atoms with Crippen molar-refractivity contribution in [3.63, 3.8) is 0 Å². The fraction of sp³-hybridized carbons (Fsp3) is 0.467. The predicted octanol–water partition coefficient (Wildman–Crippen LogP) is 3.59. The minimum absolute atomic E-state index is 0.00553. The van der Waals surface area contributed by atoms with Crippen LogP contribution in [0.25, 0.3) is 0 Å². The van der Waals surface area contributed by atoms with Gasteiger partial charge in [-0.25, -0.2) is 5.43 Å². The Kier molecular flexibility index (Phi) is 7.08. The standard InChI is InChI=1S/C15H21N3O3/c1-3-4-5-6-7-10-16-17-15(19)13-8-9-14(18(20)21)12(2)11-13/h8-11H,3-7H2,1-2H3,(H,17,19)/b16-10+. The van der Waals surface area contributed by atoms with Crippen LogP contribution in [-0.4, -0.2) is 17.0 Å². The summed E-state index contributed by atoms with van der Waals surface area (Å²) in [5.74, 6) is -0.363. The summed E-state index contributed by atoms with van der Waals surface area (Å²) in [6.07, 6.45) is 7.14. The van der Waals surface area contributed by atoms with Crippen molar-refractivity contribution in [1.82, 2.24) is 5.43 Å². The molecule has 6 heteroatoms. The molecule has 1 aromatic rings. The Morgan fingerprint density at radius 1 is 1.38 bits per heavy atom. The number of benzene rings is 1. The number of nitro groups is 1. The maximum absolute atomic E-state index is 11.8. The molecule has 0 aliphatic carbocycles. The zero-order valence-electron chi connectivity index (χ0n) is 12.5. The summed E-state index contributed by atoms with van der Waals surface area (Å²) >= 11 is 0. The first-order valence-electron chi connectivity index (χ1n) is 7.13. The second-order valence-electron chi connectivity index (χ2n) is 4.86. The van der Waals surface area contributed by atoms with Crippen LogP contribution in [0.3, 0.4) is 0 Å². The lowest BCUT2D eigenvalue weighted by atomic mass is 10.1. The molecule has 0 aliphatic heterocycles. The number of hydrogen-bond acceptors (Lipinski definition) is 4. The number of nitro benzene ring substituents is 1. The third kappa shape index (κ3) is 5.72.